The first-order valence-electron chi connectivity index (χ1n) is 8.72. The van der Waals surface area contributed by atoms with Crippen LogP contribution in [0.25, 0.3) is 0 Å². The Morgan fingerprint density at radius 3 is 2.56 bits per heavy atom. The van der Waals surface area contributed by atoms with Crippen LogP contribution in [0, 0.1) is 0 Å². The van der Waals surface area contributed by atoms with Gasteiger partial charge in [-0.2, -0.15) is 0 Å². The van der Waals surface area contributed by atoms with E-state index in [2.05, 4.69) is 10.2 Å². The lowest BCUT2D eigenvalue weighted by atomic mass is 10.0. The van der Waals surface area contributed by atoms with E-state index in [1.54, 1.807) is 7.11 Å². The maximum atomic E-state index is 12.0. The van der Waals surface area contributed by atoms with Crippen LogP contribution in [0.4, 0.5) is 0 Å². The third-order valence-electron chi connectivity index (χ3n) is 4.52. The van der Waals surface area contributed by atoms with Crippen LogP contribution in [0.2, 0.25) is 0 Å². The molecule has 0 radical (unpaired) electrons. The number of amides is 1. The van der Waals surface area contributed by atoms with Crippen molar-refractivity contribution in [2.45, 2.75) is 31.7 Å². The van der Waals surface area contributed by atoms with Gasteiger partial charge in [0.1, 0.15) is 15.6 Å². The summed E-state index contributed by atoms with van der Waals surface area (Å²) in [5.74, 6) is 0.452. The van der Waals surface area contributed by atoms with Crippen LogP contribution in [0.1, 0.15) is 37.3 Å². The van der Waals surface area contributed by atoms with Gasteiger partial charge >= 0.3 is 0 Å². The molecule has 6 nitrogen and oxygen atoms in total. The van der Waals surface area contributed by atoms with Crippen LogP contribution < -0.4 is 10.1 Å². The molecule has 1 heterocycles. The number of hydrogen-bond donors (Lipinski definition) is 1. The highest BCUT2D eigenvalue weighted by atomic mass is 32.2. The van der Waals surface area contributed by atoms with Crippen LogP contribution in [-0.4, -0.2) is 58.0 Å². The van der Waals surface area contributed by atoms with Crippen molar-refractivity contribution in [3.05, 3.63) is 29.8 Å². The Morgan fingerprint density at radius 1 is 1.24 bits per heavy atom. The number of likely N-dealkylation sites (tertiary alicyclic amines) is 1. The summed E-state index contributed by atoms with van der Waals surface area (Å²) >= 11 is 0. The first-order chi connectivity index (χ1) is 11.9. The zero-order valence-electron chi connectivity index (χ0n) is 15.0. The van der Waals surface area contributed by atoms with Gasteiger partial charge in [-0.1, -0.05) is 24.6 Å². The van der Waals surface area contributed by atoms with Gasteiger partial charge in [0.2, 0.25) is 5.91 Å². The second-order valence-corrected chi connectivity index (χ2v) is 8.80. The summed E-state index contributed by atoms with van der Waals surface area (Å²) < 4.78 is 27.9. The van der Waals surface area contributed by atoms with E-state index in [9.17, 15) is 13.2 Å². The highest BCUT2D eigenvalue weighted by Gasteiger charge is 2.25. The average molecular weight is 368 g/mol. The molecule has 0 saturated carbocycles. The van der Waals surface area contributed by atoms with Crippen molar-refractivity contribution in [3.8, 4) is 5.75 Å². The van der Waals surface area contributed by atoms with Crippen LogP contribution in [0.3, 0.4) is 0 Å². The molecule has 1 unspecified atom stereocenters. The van der Waals surface area contributed by atoms with Gasteiger partial charge in [-0.05, 0) is 32.0 Å². The van der Waals surface area contributed by atoms with Gasteiger partial charge in [-0.3, -0.25) is 9.69 Å². The SMILES string of the molecule is COc1ccccc1C(CNC(=O)CCS(C)(=O)=O)N1CCCCC1. The third-order valence-corrected chi connectivity index (χ3v) is 5.47. The standard InChI is InChI=1S/C18H28N2O4S/c1-24-17-9-5-4-8-15(17)16(20-11-6-3-7-12-20)14-19-18(21)10-13-25(2,22)23/h4-5,8-9,16H,3,6-7,10-14H2,1-2H3,(H,19,21). The number of sulfone groups is 1. The van der Waals surface area contributed by atoms with Crippen molar-refractivity contribution in [1.82, 2.24) is 10.2 Å². The summed E-state index contributed by atoms with van der Waals surface area (Å²) in [7, 11) is -1.48. The number of para-hydroxylation sites is 1. The Bertz CT molecular complexity index is 669. The second-order valence-electron chi connectivity index (χ2n) is 6.54. The Kier molecular flexibility index (Phi) is 7.25. The number of carbonyl (C=O) groups is 1. The topological polar surface area (TPSA) is 75.7 Å². The van der Waals surface area contributed by atoms with Gasteiger partial charge in [0.15, 0.2) is 0 Å². The van der Waals surface area contributed by atoms with E-state index < -0.39 is 9.84 Å². The van der Waals surface area contributed by atoms with E-state index in [1.807, 2.05) is 24.3 Å². The Hall–Kier alpha value is -1.60. The van der Waals surface area contributed by atoms with E-state index in [1.165, 1.54) is 6.42 Å². The molecule has 1 aliphatic heterocycles. The molecule has 1 atom stereocenters. The smallest absolute Gasteiger partial charge is 0.221 e. The molecule has 1 N–H and O–H groups in total. The van der Waals surface area contributed by atoms with Gasteiger partial charge in [-0.15, -0.1) is 0 Å². The Morgan fingerprint density at radius 2 is 1.92 bits per heavy atom. The van der Waals surface area contributed by atoms with E-state index in [0.717, 1.165) is 43.5 Å². The molecule has 25 heavy (non-hydrogen) atoms. The number of nitrogens with one attached hydrogen (secondary N) is 1. The van der Waals surface area contributed by atoms with Crippen molar-refractivity contribution < 1.29 is 17.9 Å². The molecule has 1 aliphatic rings. The lowest BCUT2D eigenvalue weighted by Gasteiger charge is -2.35. The van der Waals surface area contributed by atoms with E-state index >= 15 is 0 Å². The lowest BCUT2D eigenvalue weighted by molar-refractivity contribution is -0.121. The number of hydrogen-bond acceptors (Lipinski definition) is 5. The number of methoxy groups -OCH3 is 1. The number of ether oxygens (including phenoxy) is 1. The zero-order valence-corrected chi connectivity index (χ0v) is 15.8. The Labute approximate surface area is 150 Å². The summed E-state index contributed by atoms with van der Waals surface area (Å²) in [5.41, 5.74) is 1.05. The molecule has 0 aromatic heterocycles. The van der Waals surface area contributed by atoms with E-state index in [-0.39, 0.29) is 24.1 Å². The molecule has 2 rings (SSSR count). The minimum atomic E-state index is -3.13. The molecular weight excluding hydrogens is 340 g/mol. The third kappa shape index (κ3) is 6.32. The molecule has 0 spiro atoms. The summed E-state index contributed by atoms with van der Waals surface area (Å²) in [5, 5.41) is 2.90. The molecule has 140 valence electrons. The Balaban J connectivity index is 2.08. The van der Waals surface area contributed by atoms with Crippen LogP contribution in [-0.2, 0) is 14.6 Å². The fourth-order valence-corrected chi connectivity index (χ4v) is 3.74. The minimum Gasteiger partial charge on any atom is -0.496 e. The predicted octanol–water partition coefficient (Wildman–Crippen LogP) is 1.77. The van der Waals surface area contributed by atoms with Gasteiger partial charge in [0.05, 0.1) is 18.9 Å². The summed E-state index contributed by atoms with van der Waals surface area (Å²) in [6.07, 6.45) is 4.67. The van der Waals surface area contributed by atoms with Crippen molar-refractivity contribution >= 4 is 15.7 Å². The average Bonchev–Trinajstić information content (AvgIpc) is 2.61. The van der Waals surface area contributed by atoms with Gasteiger partial charge in [-0.25, -0.2) is 8.42 Å². The number of benzene rings is 1. The van der Waals surface area contributed by atoms with Gasteiger partial charge in [0.25, 0.3) is 0 Å². The highest BCUT2D eigenvalue weighted by molar-refractivity contribution is 7.90. The molecule has 7 heteroatoms. The second kappa shape index (κ2) is 9.20. The molecule has 1 aromatic rings. The van der Waals surface area contributed by atoms with Crippen molar-refractivity contribution in [1.29, 1.82) is 0 Å². The molecule has 0 bridgehead atoms. The highest BCUT2D eigenvalue weighted by Crippen LogP contribution is 2.30. The van der Waals surface area contributed by atoms with Crippen molar-refractivity contribution in [3.63, 3.8) is 0 Å². The largest absolute Gasteiger partial charge is 0.496 e. The van der Waals surface area contributed by atoms with Crippen LogP contribution >= 0.6 is 0 Å². The molecule has 1 amide bonds. The van der Waals surface area contributed by atoms with Crippen LogP contribution in [0.5, 0.6) is 5.75 Å². The number of carbonyl (C=O) groups excluding carboxylic acids is 1. The molecule has 1 aromatic carbocycles. The first kappa shape index (κ1) is 19.7. The summed E-state index contributed by atoms with van der Waals surface area (Å²) in [4.78, 5) is 14.4. The van der Waals surface area contributed by atoms with E-state index in [4.69, 9.17) is 4.74 Å². The molecule has 1 saturated heterocycles. The van der Waals surface area contributed by atoms with Crippen molar-refractivity contribution in [2.24, 2.45) is 0 Å². The number of nitrogens with zero attached hydrogens (tertiary/aromatic N) is 1. The normalized spacial score (nSPS) is 17.0. The summed E-state index contributed by atoms with van der Waals surface area (Å²) in [6, 6.07) is 7.89. The fraction of sp³-hybridized carbons (Fsp3) is 0.611. The summed E-state index contributed by atoms with van der Waals surface area (Å²) in [6.45, 7) is 2.42. The van der Waals surface area contributed by atoms with Gasteiger partial charge in [0, 0.05) is 24.8 Å². The predicted molar refractivity (Wildman–Crippen MR) is 98.5 cm³/mol. The minimum absolute atomic E-state index is 0.00250. The molecule has 0 aliphatic carbocycles. The van der Waals surface area contributed by atoms with Crippen molar-refractivity contribution in [2.75, 3.05) is 38.8 Å². The monoisotopic (exact) mass is 368 g/mol. The van der Waals surface area contributed by atoms with Gasteiger partial charge < -0.3 is 10.1 Å². The zero-order chi connectivity index (χ0) is 18.3. The maximum absolute atomic E-state index is 12.0. The fourth-order valence-electron chi connectivity index (χ4n) is 3.18. The quantitative estimate of drug-likeness (QED) is 0.757. The van der Waals surface area contributed by atoms with Crippen LogP contribution in [0.15, 0.2) is 24.3 Å². The first-order valence-corrected chi connectivity index (χ1v) is 10.8. The molecule has 1 fully saturated rings. The number of piperidine rings is 1. The number of rotatable bonds is 8. The molecular formula is C18H28N2O4S. The van der Waals surface area contributed by atoms with E-state index in [0.29, 0.717) is 6.54 Å². The maximum Gasteiger partial charge on any atom is 0.221 e. The lowest BCUT2D eigenvalue weighted by Crippen LogP contribution is -2.41.